The van der Waals surface area contributed by atoms with Crippen molar-refractivity contribution in [2.75, 3.05) is 26.2 Å². The molecule has 494 valence electrons. The van der Waals surface area contributed by atoms with Gasteiger partial charge in [0.15, 0.2) is 23.4 Å². The normalized spacial score (nSPS) is 42.7. The van der Waals surface area contributed by atoms with Crippen molar-refractivity contribution in [3.63, 3.8) is 0 Å². The standard InChI is InChI=1S/C74H103N7O8S2/c1-45(83)88-69-32-21-47-37-50(63(86)64-62(47)48-22-34-72(89-64)29-7-14-51(72)38-48)43-81-44-70(41-61(81)85)52(15-17-56(70)46-11-3-2-4-12-46)42-79-67(77)80-74(31-9-27-68(74)25-5-6-26-68)91-90-60-20-19-57-54(55(23-33-69)59(84)40-69)16-18-58(60)73(57)30-10-28-71(73)39-49(13-8-36-82)53(65(71)87)24-35-78-66(75)76/h2-4,11-12,19-20,22,34,37,48-49,51-60,65,82,84,86-87H,5-10,13-18,21,23-33,35-36,38-44H2,1H3,(H4,75,76,78)(H3,77,79,80)/t48-,49-,51+,52+,53-,54+,55-,56+,57-,58-,59-,60-,65-,69+,70-,71+,72+,73-,74-/m1/s1. The van der Waals surface area contributed by atoms with Crippen LogP contribution in [0.1, 0.15) is 214 Å². The summed E-state index contributed by atoms with van der Waals surface area (Å²) in [5.41, 5.74) is 20.9. The Bertz CT molecular complexity index is 3220. The number of nitrogens with zero attached hydrogens (tertiary/aromatic N) is 3. The third-order valence-corrected chi connectivity index (χ3v) is 31.7. The third-order valence-electron chi connectivity index (χ3n) is 28.0. The molecule has 8 saturated carbocycles. The Labute approximate surface area is 547 Å². The van der Waals surface area contributed by atoms with Gasteiger partial charge in [-0.2, -0.15) is 0 Å². The second-order valence-electron chi connectivity index (χ2n) is 31.8. The van der Waals surface area contributed by atoms with Crippen molar-refractivity contribution >= 4 is 45.4 Å². The number of carbonyl (C=O) groups excluding carboxylic acids is 2. The van der Waals surface area contributed by atoms with Crippen LogP contribution < -0.4 is 27.3 Å². The van der Waals surface area contributed by atoms with E-state index in [0.717, 1.165) is 127 Å². The predicted octanol–water partition coefficient (Wildman–Crippen LogP) is 11.6. The predicted molar refractivity (Wildman–Crippen MR) is 359 cm³/mol. The first kappa shape index (κ1) is 62.7. The van der Waals surface area contributed by atoms with Crippen molar-refractivity contribution in [1.82, 2.24) is 10.2 Å². The van der Waals surface area contributed by atoms with Gasteiger partial charge in [-0.3, -0.25) is 19.6 Å². The number of aliphatic imine (C=N–C) groups is 2. The SMILES string of the molecule is CC(=O)O[C@@]12CCc3cc(c(O)c4c3[C@@H]3C=C[C@]5(CCC[C@H]5C3)O4)CN3C[C@]4(CC3=O)[C@@H](CC[C@H]4c3ccccc3)CN=C(N)N[C@]3(CCCC34CCCC4)SS[C@@H]3C=C[C@@H]4[C@@H](CC[C@H]3[C@@]43CCC[C@@]34C[C@@H](CCCO)[C@@H](CCN=C(N)N)[C@H]4O)[C@@H](CC1)[C@H](O)C2. The number of amides is 1. The monoisotopic (exact) mass is 1280 g/mol. The Kier molecular flexibility index (Phi) is 16.6. The second kappa shape index (κ2) is 24.0. The number of nitrogens with one attached hydrogen (secondary N) is 1. The minimum atomic E-state index is -0.935. The minimum absolute atomic E-state index is 0.0164. The number of carbonyl (C=O) groups is 2. The largest absolute Gasteiger partial charge is 0.504 e. The molecule has 17 aliphatic rings. The summed E-state index contributed by atoms with van der Waals surface area (Å²) in [5, 5.41) is 54.3. The molecule has 2 aromatic carbocycles. The third kappa shape index (κ3) is 10.2. The van der Waals surface area contributed by atoms with Crippen LogP contribution >= 0.6 is 21.6 Å². The smallest absolute Gasteiger partial charge is 0.303 e. The van der Waals surface area contributed by atoms with E-state index in [2.05, 4.69) is 81.8 Å². The van der Waals surface area contributed by atoms with E-state index in [1.807, 2.05) is 15.7 Å². The fourth-order valence-corrected chi connectivity index (χ4v) is 28.5. The van der Waals surface area contributed by atoms with Crippen molar-refractivity contribution in [3.8, 4) is 11.5 Å². The fourth-order valence-electron chi connectivity index (χ4n) is 24.4. The lowest BCUT2D eigenvalue weighted by Crippen LogP contribution is -2.61. The summed E-state index contributed by atoms with van der Waals surface area (Å²) in [6, 6.07) is 12.9. The molecular weight excluding hydrogens is 1180 g/mol. The molecule has 19 rings (SSSR count). The molecule has 0 radical (unpaired) electrons. The molecular formula is C74H103N7O8S2. The lowest BCUT2D eigenvalue weighted by molar-refractivity contribution is -0.179. The summed E-state index contributed by atoms with van der Waals surface area (Å²) >= 11 is 0. The molecule has 0 aromatic heterocycles. The van der Waals surface area contributed by atoms with Crippen LogP contribution in [0.25, 0.3) is 0 Å². The molecule has 1 amide bonds. The molecule has 10 aliphatic carbocycles. The van der Waals surface area contributed by atoms with Gasteiger partial charge in [0.2, 0.25) is 5.91 Å². The first-order valence-electron chi connectivity index (χ1n) is 35.9. The van der Waals surface area contributed by atoms with Gasteiger partial charge in [-0.1, -0.05) is 89.4 Å². The van der Waals surface area contributed by atoms with Gasteiger partial charge in [0.05, 0.1) is 12.2 Å². The van der Waals surface area contributed by atoms with Crippen LogP contribution in [-0.4, -0.2) is 109 Å². The molecule has 6 spiro atoms. The van der Waals surface area contributed by atoms with E-state index < -0.39 is 28.8 Å². The quantitative estimate of drug-likeness (QED) is 0.0403. The number of rotatable bonds is 8. The highest BCUT2D eigenvalue weighted by Gasteiger charge is 2.73. The van der Waals surface area contributed by atoms with Crippen molar-refractivity contribution in [3.05, 3.63) is 83.0 Å². The van der Waals surface area contributed by atoms with Crippen LogP contribution in [0.15, 0.2) is 70.7 Å². The molecule has 17 heteroatoms. The number of phenolic OH excluding ortho intramolecular Hbond substituents is 1. The summed E-state index contributed by atoms with van der Waals surface area (Å²) in [6.45, 7) is 3.36. The van der Waals surface area contributed by atoms with E-state index in [4.69, 9.17) is 31.7 Å². The molecule has 7 heterocycles. The second-order valence-corrected chi connectivity index (χ2v) is 34.5. The first-order valence-corrected chi connectivity index (χ1v) is 38.1. The van der Waals surface area contributed by atoms with Crippen molar-refractivity contribution in [2.24, 2.45) is 96.2 Å². The Balaban J connectivity index is 0.847. The number of aromatic hydroxyl groups is 1. The van der Waals surface area contributed by atoms with Gasteiger partial charge < -0.3 is 57.3 Å². The lowest BCUT2D eigenvalue weighted by Gasteiger charge is -2.64. The summed E-state index contributed by atoms with van der Waals surface area (Å²) in [5.74, 6) is 2.24. The average molecular weight is 1280 g/mol. The van der Waals surface area contributed by atoms with Crippen molar-refractivity contribution in [1.29, 1.82) is 0 Å². The van der Waals surface area contributed by atoms with Crippen molar-refractivity contribution < 1.29 is 39.5 Å². The Morgan fingerprint density at radius 3 is 2.51 bits per heavy atom. The number of benzene rings is 2. The number of fused-ring (bicyclic) bond motifs is 2. The fraction of sp³-hybridized carbons (Fsp3) is 0.730. The van der Waals surface area contributed by atoms with Gasteiger partial charge in [-0.15, -0.1) is 0 Å². The number of aliphatic hydroxyl groups excluding tert-OH is 3. The maximum absolute atomic E-state index is 15.1. The highest BCUT2D eigenvalue weighted by molar-refractivity contribution is 8.77. The number of aliphatic hydroxyl groups is 3. The molecule has 19 atom stereocenters. The number of allylic oxidation sites excluding steroid dienone is 2. The maximum atomic E-state index is 15.1. The molecule has 12 bridgehead atoms. The number of aryl methyl sites for hydroxylation is 1. The molecule has 91 heavy (non-hydrogen) atoms. The van der Waals surface area contributed by atoms with E-state index in [-0.39, 0.29) is 116 Å². The van der Waals surface area contributed by atoms with Gasteiger partial charge in [0.25, 0.3) is 0 Å². The highest BCUT2D eigenvalue weighted by atomic mass is 33.1. The van der Waals surface area contributed by atoms with Crippen LogP contribution in [0, 0.1) is 69.0 Å². The molecule has 15 nitrogen and oxygen atoms in total. The zero-order chi connectivity index (χ0) is 62.7. The molecule has 7 aliphatic heterocycles. The van der Waals surface area contributed by atoms with Gasteiger partial charge in [0, 0.05) is 97.0 Å². The maximum Gasteiger partial charge on any atom is 0.303 e. The number of nitrogens with two attached hydrogens (primary N) is 3. The van der Waals surface area contributed by atoms with Gasteiger partial charge in [-0.25, -0.2) is 0 Å². The van der Waals surface area contributed by atoms with Gasteiger partial charge in [-0.05, 0) is 224 Å². The number of esters is 1. The summed E-state index contributed by atoms with van der Waals surface area (Å²) < 4.78 is 13.9. The summed E-state index contributed by atoms with van der Waals surface area (Å²) in [4.78, 5) is 40.3. The van der Waals surface area contributed by atoms with Crippen molar-refractivity contribution in [2.45, 2.75) is 239 Å². The molecule has 1 saturated heterocycles. The van der Waals surface area contributed by atoms with E-state index in [1.54, 1.807) is 0 Å². The molecule has 2 aromatic rings. The molecule has 0 unspecified atom stereocenters. The van der Waals surface area contributed by atoms with Gasteiger partial charge >= 0.3 is 5.97 Å². The van der Waals surface area contributed by atoms with Crippen LogP contribution in [0.3, 0.4) is 0 Å². The zero-order valence-electron chi connectivity index (χ0n) is 53.9. The highest BCUT2D eigenvalue weighted by Crippen LogP contribution is 2.77. The van der Waals surface area contributed by atoms with Crippen LogP contribution in [0.2, 0.25) is 0 Å². The minimum Gasteiger partial charge on any atom is -0.504 e. The van der Waals surface area contributed by atoms with E-state index in [1.165, 1.54) is 25.3 Å². The van der Waals surface area contributed by atoms with Crippen LogP contribution in [0.5, 0.6) is 11.5 Å². The van der Waals surface area contributed by atoms with Crippen LogP contribution in [0.4, 0.5) is 0 Å². The lowest BCUT2D eigenvalue weighted by atomic mass is 9.42. The number of phenols is 1. The number of guanidine groups is 2. The summed E-state index contributed by atoms with van der Waals surface area (Å²) in [6.07, 6.45) is 33.4. The van der Waals surface area contributed by atoms with Crippen LogP contribution in [-0.2, 0) is 27.3 Å². The van der Waals surface area contributed by atoms with E-state index in [9.17, 15) is 25.2 Å². The Morgan fingerprint density at radius 2 is 1.70 bits per heavy atom. The number of ether oxygens (including phenoxy) is 2. The molecule has 9 fully saturated rings. The summed E-state index contributed by atoms with van der Waals surface area (Å²) in [7, 11) is 4.10. The zero-order valence-corrected chi connectivity index (χ0v) is 55.6. The Hall–Kier alpha value is -4.42. The topological polar surface area (TPSA) is 252 Å². The first-order chi connectivity index (χ1) is 44.0. The van der Waals surface area contributed by atoms with E-state index in [0.29, 0.717) is 94.2 Å². The van der Waals surface area contributed by atoms with E-state index >= 15 is 4.79 Å². The Morgan fingerprint density at radius 1 is 0.879 bits per heavy atom. The average Bonchev–Trinajstić information content (AvgIpc) is 1.60. The number of hydrogen-bond acceptors (Lipinski definition) is 14. The number of hydrogen-bond donors (Lipinski definition) is 8. The molecule has 11 N–H and O–H groups in total. The van der Waals surface area contributed by atoms with Gasteiger partial charge in [0.1, 0.15) is 16.1 Å².